The quantitative estimate of drug-likeness (QED) is 0.817. The van der Waals surface area contributed by atoms with Crippen LogP contribution in [0.25, 0.3) is 10.9 Å². The lowest BCUT2D eigenvalue weighted by atomic mass is 9.88. The largest absolute Gasteiger partial charge is 0.337 e. The van der Waals surface area contributed by atoms with Crippen LogP contribution >= 0.6 is 0 Å². The van der Waals surface area contributed by atoms with Crippen molar-refractivity contribution in [2.45, 2.75) is 57.7 Å². The summed E-state index contributed by atoms with van der Waals surface area (Å²) < 4.78 is 2.18. The standard InChI is InChI=1S/C22H25N3O/c1-2-24-20-6-4-3-5-15(20)12-21(24)22(26)25(18-9-10-18)19-8-7-16-13-23-14-17(16)11-19/h3-6,12,14,18-19H,2,7-11,13H2,1H3. The highest BCUT2D eigenvalue weighted by Crippen LogP contribution is 2.38. The minimum atomic E-state index is 0.217. The van der Waals surface area contributed by atoms with E-state index in [2.05, 4.69) is 45.6 Å². The number of carbonyl (C=O) groups excluding carboxylic acids is 1. The van der Waals surface area contributed by atoms with E-state index in [0.29, 0.717) is 12.1 Å². The van der Waals surface area contributed by atoms with Crippen molar-refractivity contribution in [3.05, 3.63) is 47.2 Å². The second-order valence-electron chi connectivity index (χ2n) is 7.77. The van der Waals surface area contributed by atoms with Crippen molar-refractivity contribution in [2.24, 2.45) is 4.99 Å². The van der Waals surface area contributed by atoms with Gasteiger partial charge in [-0.25, -0.2) is 0 Å². The van der Waals surface area contributed by atoms with Gasteiger partial charge >= 0.3 is 0 Å². The molecule has 0 bridgehead atoms. The maximum Gasteiger partial charge on any atom is 0.271 e. The predicted octanol–water partition coefficient (Wildman–Crippen LogP) is 4.20. The van der Waals surface area contributed by atoms with Crippen LogP contribution in [0.1, 0.15) is 49.5 Å². The van der Waals surface area contributed by atoms with Crippen LogP contribution in [-0.4, -0.2) is 40.2 Å². The van der Waals surface area contributed by atoms with Crippen LogP contribution in [0.15, 0.2) is 46.5 Å². The van der Waals surface area contributed by atoms with Crippen LogP contribution in [0.4, 0.5) is 0 Å². The van der Waals surface area contributed by atoms with Crippen molar-refractivity contribution in [3.8, 4) is 0 Å². The molecule has 2 aromatic rings. The highest BCUT2D eigenvalue weighted by atomic mass is 16.2. The number of fused-ring (bicyclic) bond motifs is 1. The lowest BCUT2D eigenvalue weighted by Gasteiger charge is -2.35. The average molecular weight is 347 g/mol. The zero-order valence-corrected chi connectivity index (χ0v) is 15.3. The number of aliphatic imine (C=N–C) groups is 1. The van der Waals surface area contributed by atoms with E-state index < -0.39 is 0 Å². The van der Waals surface area contributed by atoms with E-state index in [4.69, 9.17) is 0 Å². The van der Waals surface area contributed by atoms with Crippen molar-refractivity contribution in [1.82, 2.24) is 9.47 Å². The number of aryl methyl sites for hydroxylation is 1. The first kappa shape index (κ1) is 15.9. The summed E-state index contributed by atoms with van der Waals surface area (Å²) in [6.07, 6.45) is 7.49. The summed E-state index contributed by atoms with van der Waals surface area (Å²) in [5.74, 6) is 0.217. The zero-order chi connectivity index (χ0) is 17.7. The number of hydrogen-bond acceptors (Lipinski definition) is 2. The van der Waals surface area contributed by atoms with Gasteiger partial charge < -0.3 is 9.47 Å². The molecule has 2 heterocycles. The van der Waals surface area contributed by atoms with Crippen molar-refractivity contribution in [2.75, 3.05) is 6.54 Å². The first-order valence-corrected chi connectivity index (χ1v) is 9.88. The molecule has 1 unspecified atom stereocenters. The Morgan fingerprint density at radius 3 is 2.88 bits per heavy atom. The Morgan fingerprint density at radius 1 is 1.23 bits per heavy atom. The van der Waals surface area contributed by atoms with Crippen molar-refractivity contribution in [3.63, 3.8) is 0 Å². The number of amides is 1. The summed E-state index contributed by atoms with van der Waals surface area (Å²) in [6, 6.07) is 11.1. The number of aromatic nitrogens is 1. The highest BCUT2D eigenvalue weighted by molar-refractivity contribution is 5.99. The fourth-order valence-corrected chi connectivity index (χ4v) is 4.67. The van der Waals surface area contributed by atoms with Gasteiger partial charge in [0, 0.05) is 35.7 Å². The molecule has 1 fully saturated rings. The third-order valence-electron chi connectivity index (χ3n) is 6.13. The Kier molecular flexibility index (Phi) is 3.73. The van der Waals surface area contributed by atoms with E-state index in [0.717, 1.165) is 61.8 Å². The number of para-hydroxylation sites is 1. The normalized spacial score (nSPS) is 22.1. The number of rotatable bonds is 4. The molecule has 1 aliphatic heterocycles. The van der Waals surface area contributed by atoms with Gasteiger partial charge in [0.25, 0.3) is 5.91 Å². The number of hydrogen-bond donors (Lipinski definition) is 0. The van der Waals surface area contributed by atoms with E-state index >= 15 is 0 Å². The summed E-state index contributed by atoms with van der Waals surface area (Å²) in [7, 11) is 0. The Bertz CT molecular complexity index is 932. The van der Waals surface area contributed by atoms with Crippen LogP contribution in [-0.2, 0) is 6.54 Å². The molecule has 1 atom stereocenters. The summed E-state index contributed by atoms with van der Waals surface area (Å²) in [5.41, 5.74) is 4.88. The second-order valence-corrected chi connectivity index (χ2v) is 7.77. The molecule has 0 spiro atoms. The molecule has 5 rings (SSSR count). The third-order valence-corrected chi connectivity index (χ3v) is 6.13. The van der Waals surface area contributed by atoms with E-state index in [1.54, 1.807) is 0 Å². The maximum atomic E-state index is 13.6. The van der Waals surface area contributed by atoms with E-state index in [9.17, 15) is 4.79 Å². The monoisotopic (exact) mass is 347 g/mol. The molecule has 1 aromatic heterocycles. The van der Waals surface area contributed by atoms with Crippen LogP contribution in [0.5, 0.6) is 0 Å². The zero-order valence-electron chi connectivity index (χ0n) is 15.3. The minimum Gasteiger partial charge on any atom is -0.337 e. The summed E-state index contributed by atoms with van der Waals surface area (Å²) in [5, 5.41) is 1.16. The Hall–Kier alpha value is -2.36. The molecule has 1 aromatic carbocycles. The van der Waals surface area contributed by atoms with Gasteiger partial charge in [0.05, 0.1) is 6.54 Å². The molecule has 0 saturated heterocycles. The van der Waals surface area contributed by atoms with Crippen LogP contribution < -0.4 is 0 Å². The summed E-state index contributed by atoms with van der Waals surface area (Å²) in [4.78, 5) is 20.3. The van der Waals surface area contributed by atoms with Gasteiger partial charge in [0.1, 0.15) is 5.69 Å². The Labute approximate surface area is 154 Å². The minimum absolute atomic E-state index is 0.217. The third kappa shape index (κ3) is 2.51. The van der Waals surface area contributed by atoms with Gasteiger partial charge in [-0.15, -0.1) is 0 Å². The van der Waals surface area contributed by atoms with Gasteiger partial charge in [0.15, 0.2) is 0 Å². The molecule has 0 radical (unpaired) electrons. The molecule has 0 N–H and O–H groups in total. The first-order valence-electron chi connectivity index (χ1n) is 9.88. The topological polar surface area (TPSA) is 37.6 Å². The van der Waals surface area contributed by atoms with Crippen molar-refractivity contribution < 1.29 is 4.79 Å². The maximum absolute atomic E-state index is 13.6. The van der Waals surface area contributed by atoms with E-state index in [-0.39, 0.29) is 5.91 Å². The SMILES string of the molecule is CCn1c(C(=O)N(C2CC2)C2CCC3=C(C=NC3)C2)cc2ccccc21. The van der Waals surface area contributed by atoms with Gasteiger partial charge in [-0.2, -0.15) is 0 Å². The van der Waals surface area contributed by atoms with Gasteiger partial charge in [-0.3, -0.25) is 9.79 Å². The molecular weight excluding hydrogens is 322 g/mol. The molecule has 1 saturated carbocycles. The fraction of sp³-hybridized carbons (Fsp3) is 0.455. The predicted molar refractivity (Wildman–Crippen MR) is 105 cm³/mol. The van der Waals surface area contributed by atoms with Gasteiger partial charge in [0.2, 0.25) is 0 Å². The van der Waals surface area contributed by atoms with E-state index in [1.807, 2.05) is 12.3 Å². The molecule has 26 heavy (non-hydrogen) atoms. The average Bonchev–Trinajstić information content (AvgIpc) is 3.25. The summed E-state index contributed by atoms with van der Waals surface area (Å²) in [6.45, 7) is 3.82. The van der Waals surface area contributed by atoms with Crippen LogP contribution in [0.3, 0.4) is 0 Å². The van der Waals surface area contributed by atoms with E-state index in [1.165, 1.54) is 11.1 Å². The smallest absolute Gasteiger partial charge is 0.271 e. The molecule has 134 valence electrons. The molecule has 1 amide bonds. The first-order chi connectivity index (χ1) is 12.8. The van der Waals surface area contributed by atoms with Gasteiger partial charge in [-0.05, 0) is 62.3 Å². The van der Waals surface area contributed by atoms with Gasteiger partial charge in [-0.1, -0.05) is 18.2 Å². The molecule has 2 aliphatic carbocycles. The second kappa shape index (κ2) is 6.11. The Morgan fingerprint density at radius 2 is 2.08 bits per heavy atom. The highest BCUT2D eigenvalue weighted by Gasteiger charge is 2.40. The number of benzene rings is 1. The van der Waals surface area contributed by atoms with Crippen molar-refractivity contribution >= 4 is 23.0 Å². The molecular formula is C22H25N3O. The number of nitrogens with zero attached hydrogens (tertiary/aromatic N) is 3. The molecule has 4 heteroatoms. The van der Waals surface area contributed by atoms with Crippen LogP contribution in [0, 0.1) is 0 Å². The lowest BCUT2D eigenvalue weighted by molar-refractivity contribution is 0.0635. The fourth-order valence-electron chi connectivity index (χ4n) is 4.67. The summed E-state index contributed by atoms with van der Waals surface area (Å²) >= 11 is 0. The molecule has 3 aliphatic rings. The lowest BCUT2D eigenvalue weighted by Crippen LogP contribution is -2.44. The molecule has 4 nitrogen and oxygen atoms in total. The Balaban J connectivity index is 1.50. The van der Waals surface area contributed by atoms with Crippen LogP contribution in [0.2, 0.25) is 0 Å². The number of carbonyl (C=O) groups is 1. The van der Waals surface area contributed by atoms with Crippen molar-refractivity contribution in [1.29, 1.82) is 0 Å².